The first-order chi connectivity index (χ1) is 12.6. The SMILES string of the molecule is CCOC(=O)/C(C#N)=C\c1cc(I)c(OCc2ccccc2)c(OC)c1. The molecule has 0 atom stereocenters. The predicted molar refractivity (Wildman–Crippen MR) is 107 cm³/mol. The van der Waals surface area contributed by atoms with E-state index in [2.05, 4.69) is 22.6 Å². The molecule has 6 heteroatoms. The Labute approximate surface area is 166 Å². The Hall–Kier alpha value is -2.53. The van der Waals surface area contributed by atoms with E-state index in [4.69, 9.17) is 19.5 Å². The van der Waals surface area contributed by atoms with E-state index in [1.165, 1.54) is 6.08 Å². The topological polar surface area (TPSA) is 68.6 Å². The molecule has 0 saturated carbocycles. The Morgan fingerprint density at radius 2 is 2.00 bits per heavy atom. The van der Waals surface area contributed by atoms with E-state index in [1.807, 2.05) is 42.5 Å². The van der Waals surface area contributed by atoms with Crippen molar-refractivity contribution in [2.45, 2.75) is 13.5 Å². The highest BCUT2D eigenvalue weighted by molar-refractivity contribution is 14.1. The molecular weight excluding hydrogens is 445 g/mol. The van der Waals surface area contributed by atoms with Crippen molar-refractivity contribution in [2.75, 3.05) is 13.7 Å². The molecule has 2 aromatic carbocycles. The number of methoxy groups -OCH3 is 1. The summed E-state index contributed by atoms with van der Waals surface area (Å²) in [6.07, 6.45) is 1.48. The summed E-state index contributed by atoms with van der Waals surface area (Å²) >= 11 is 2.14. The van der Waals surface area contributed by atoms with Gasteiger partial charge in [-0.1, -0.05) is 30.3 Å². The average molecular weight is 463 g/mol. The van der Waals surface area contributed by atoms with Gasteiger partial charge in [-0.3, -0.25) is 0 Å². The molecule has 0 aliphatic rings. The van der Waals surface area contributed by atoms with Crippen LogP contribution in [0.3, 0.4) is 0 Å². The molecule has 0 unspecified atom stereocenters. The van der Waals surface area contributed by atoms with Crippen molar-refractivity contribution in [2.24, 2.45) is 0 Å². The summed E-state index contributed by atoms with van der Waals surface area (Å²) in [7, 11) is 1.55. The minimum atomic E-state index is -0.645. The third-order valence-electron chi connectivity index (χ3n) is 3.40. The van der Waals surface area contributed by atoms with Crippen molar-refractivity contribution in [3.8, 4) is 17.6 Å². The van der Waals surface area contributed by atoms with E-state index >= 15 is 0 Å². The minimum absolute atomic E-state index is 0.0670. The summed E-state index contributed by atoms with van der Waals surface area (Å²) in [6.45, 7) is 2.32. The third-order valence-corrected chi connectivity index (χ3v) is 4.21. The van der Waals surface area contributed by atoms with Crippen LogP contribution in [0.1, 0.15) is 18.1 Å². The van der Waals surface area contributed by atoms with Gasteiger partial charge in [-0.2, -0.15) is 5.26 Å². The number of hydrogen-bond acceptors (Lipinski definition) is 5. The molecule has 0 aromatic heterocycles. The zero-order valence-corrected chi connectivity index (χ0v) is 16.6. The molecule has 0 amide bonds. The van der Waals surface area contributed by atoms with Gasteiger partial charge in [-0.25, -0.2) is 4.79 Å². The highest BCUT2D eigenvalue weighted by atomic mass is 127. The standard InChI is InChI=1S/C20H18INO4/c1-3-25-20(23)16(12-22)9-15-10-17(21)19(18(11-15)24-2)26-13-14-7-5-4-6-8-14/h4-11H,3,13H2,1-2H3/b16-9-. The molecule has 0 aliphatic carbocycles. The Bertz CT molecular complexity index is 841. The van der Waals surface area contributed by atoms with Crippen molar-refractivity contribution < 1.29 is 19.0 Å². The number of nitriles is 1. The second-order valence-corrected chi connectivity index (χ2v) is 6.36. The van der Waals surface area contributed by atoms with E-state index < -0.39 is 5.97 Å². The van der Waals surface area contributed by atoms with Gasteiger partial charge in [0.2, 0.25) is 0 Å². The number of carbonyl (C=O) groups is 1. The number of esters is 1. The lowest BCUT2D eigenvalue weighted by atomic mass is 10.1. The van der Waals surface area contributed by atoms with Crippen LogP contribution in [0, 0.1) is 14.9 Å². The van der Waals surface area contributed by atoms with Crippen LogP contribution in [0.15, 0.2) is 48.0 Å². The Morgan fingerprint density at radius 1 is 1.27 bits per heavy atom. The number of nitrogens with zero attached hydrogens (tertiary/aromatic N) is 1. The van der Waals surface area contributed by atoms with Gasteiger partial charge < -0.3 is 14.2 Å². The van der Waals surface area contributed by atoms with Gasteiger partial charge in [0.15, 0.2) is 11.5 Å². The smallest absolute Gasteiger partial charge is 0.348 e. The van der Waals surface area contributed by atoms with Crippen molar-refractivity contribution in [1.82, 2.24) is 0 Å². The second kappa shape index (κ2) is 9.82. The van der Waals surface area contributed by atoms with Crippen LogP contribution >= 0.6 is 22.6 Å². The van der Waals surface area contributed by atoms with Crippen LogP contribution in [0.2, 0.25) is 0 Å². The van der Waals surface area contributed by atoms with Gasteiger partial charge in [0, 0.05) is 0 Å². The summed E-state index contributed by atoms with van der Waals surface area (Å²) in [6, 6.07) is 15.2. The fourth-order valence-corrected chi connectivity index (χ4v) is 2.99. The number of hydrogen-bond donors (Lipinski definition) is 0. The normalized spacial score (nSPS) is 10.8. The molecule has 0 N–H and O–H groups in total. The highest BCUT2D eigenvalue weighted by Gasteiger charge is 2.14. The van der Waals surface area contributed by atoms with E-state index in [9.17, 15) is 4.79 Å². The van der Waals surface area contributed by atoms with Crippen LogP contribution in [0.4, 0.5) is 0 Å². The molecule has 0 spiro atoms. The number of halogens is 1. The molecule has 26 heavy (non-hydrogen) atoms. The zero-order chi connectivity index (χ0) is 18.9. The maximum Gasteiger partial charge on any atom is 0.348 e. The lowest BCUT2D eigenvalue weighted by molar-refractivity contribution is -0.137. The molecule has 2 aromatic rings. The molecule has 0 fully saturated rings. The largest absolute Gasteiger partial charge is 0.493 e. The van der Waals surface area contributed by atoms with E-state index in [1.54, 1.807) is 20.1 Å². The van der Waals surface area contributed by atoms with Crippen molar-refractivity contribution >= 4 is 34.6 Å². The van der Waals surface area contributed by atoms with Crippen molar-refractivity contribution in [3.05, 3.63) is 62.7 Å². The van der Waals surface area contributed by atoms with Gasteiger partial charge in [0.1, 0.15) is 18.2 Å². The Balaban J connectivity index is 2.28. The molecule has 5 nitrogen and oxygen atoms in total. The Morgan fingerprint density at radius 3 is 2.62 bits per heavy atom. The van der Waals surface area contributed by atoms with E-state index in [0.29, 0.717) is 23.7 Å². The predicted octanol–water partition coefficient (Wildman–Crippen LogP) is 4.35. The van der Waals surface area contributed by atoms with Crippen molar-refractivity contribution in [3.63, 3.8) is 0 Å². The van der Waals surface area contributed by atoms with Crippen LogP contribution in [0.5, 0.6) is 11.5 Å². The first-order valence-corrected chi connectivity index (χ1v) is 9.00. The van der Waals surface area contributed by atoms with Gasteiger partial charge in [-0.05, 0) is 58.9 Å². The minimum Gasteiger partial charge on any atom is -0.493 e. The molecule has 0 heterocycles. The number of ether oxygens (including phenoxy) is 3. The Kier molecular flexibility index (Phi) is 7.48. The molecule has 134 valence electrons. The van der Waals surface area contributed by atoms with Gasteiger partial charge in [-0.15, -0.1) is 0 Å². The maximum atomic E-state index is 11.8. The second-order valence-electron chi connectivity index (χ2n) is 5.20. The van der Waals surface area contributed by atoms with Crippen LogP contribution in [-0.4, -0.2) is 19.7 Å². The highest BCUT2D eigenvalue weighted by Crippen LogP contribution is 2.35. The summed E-state index contributed by atoms with van der Waals surface area (Å²) in [5, 5.41) is 9.17. The zero-order valence-electron chi connectivity index (χ0n) is 14.5. The summed E-state index contributed by atoms with van der Waals surface area (Å²) < 4.78 is 17.0. The lowest BCUT2D eigenvalue weighted by Gasteiger charge is -2.14. The van der Waals surface area contributed by atoms with Gasteiger partial charge in [0.25, 0.3) is 0 Å². The summed E-state index contributed by atoms with van der Waals surface area (Å²) in [5.74, 6) is 0.498. The van der Waals surface area contributed by atoms with E-state index in [-0.39, 0.29) is 12.2 Å². The first-order valence-electron chi connectivity index (χ1n) is 7.92. The number of rotatable bonds is 7. The fraction of sp³-hybridized carbons (Fsp3) is 0.200. The quantitative estimate of drug-likeness (QED) is 0.264. The molecule has 0 radical (unpaired) electrons. The fourth-order valence-electron chi connectivity index (χ4n) is 2.21. The van der Waals surface area contributed by atoms with Crippen molar-refractivity contribution in [1.29, 1.82) is 5.26 Å². The van der Waals surface area contributed by atoms with Crippen LogP contribution in [-0.2, 0) is 16.1 Å². The molecule has 0 saturated heterocycles. The van der Waals surface area contributed by atoms with Gasteiger partial charge in [0.05, 0.1) is 17.3 Å². The molecule has 0 aliphatic heterocycles. The molecular formula is C20H18INO4. The average Bonchev–Trinajstić information content (AvgIpc) is 2.65. The lowest BCUT2D eigenvalue weighted by Crippen LogP contribution is -2.06. The molecule has 2 rings (SSSR count). The number of benzene rings is 2. The maximum absolute atomic E-state index is 11.8. The van der Waals surface area contributed by atoms with Crippen LogP contribution in [0.25, 0.3) is 6.08 Å². The first kappa shape index (κ1) is 19.8. The van der Waals surface area contributed by atoms with Crippen LogP contribution < -0.4 is 9.47 Å². The van der Waals surface area contributed by atoms with E-state index in [0.717, 1.165) is 9.13 Å². The summed E-state index contributed by atoms with van der Waals surface area (Å²) in [4.78, 5) is 11.8. The number of carbonyl (C=O) groups excluding carboxylic acids is 1. The third kappa shape index (κ3) is 5.23. The monoisotopic (exact) mass is 463 g/mol. The van der Waals surface area contributed by atoms with Gasteiger partial charge >= 0.3 is 5.97 Å². The molecule has 0 bridgehead atoms. The summed E-state index contributed by atoms with van der Waals surface area (Å²) in [5.41, 5.74) is 1.63.